The van der Waals surface area contributed by atoms with Crippen LogP contribution in [0.15, 0.2) is 60.7 Å². The molecule has 8 heteroatoms. The summed E-state index contributed by atoms with van der Waals surface area (Å²) in [6, 6.07) is 19.1. The molecule has 2 aromatic carbocycles. The van der Waals surface area contributed by atoms with Crippen molar-refractivity contribution in [3.05, 3.63) is 76.1 Å². The molecule has 0 saturated heterocycles. The number of anilines is 1. The molecule has 2 heterocycles. The summed E-state index contributed by atoms with van der Waals surface area (Å²) in [6.07, 6.45) is 0. The highest BCUT2D eigenvalue weighted by Gasteiger charge is 2.23. The Kier molecular flexibility index (Phi) is 6.20. The zero-order valence-corrected chi connectivity index (χ0v) is 18.5. The number of ether oxygens (including phenoxy) is 1. The summed E-state index contributed by atoms with van der Waals surface area (Å²) in [5.74, 6) is -0.763. The maximum atomic E-state index is 12.9. The molecule has 0 aliphatic rings. The van der Waals surface area contributed by atoms with E-state index in [2.05, 4.69) is 15.3 Å². The fraction of sp³-hybridized carbons (Fsp3) is 0.130. The molecule has 0 saturated carbocycles. The van der Waals surface area contributed by atoms with Crippen molar-refractivity contribution in [1.82, 2.24) is 9.97 Å². The lowest BCUT2D eigenvalue weighted by Gasteiger charge is -2.01. The maximum absolute atomic E-state index is 12.9. The summed E-state index contributed by atoms with van der Waals surface area (Å²) < 4.78 is 5.18. The number of benzene rings is 2. The van der Waals surface area contributed by atoms with Crippen LogP contribution < -0.4 is 5.32 Å². The fourth-order valence-corrected chi connectivity index (χ4v) is 4.81. The van der Waals surface area contributed by atoms with E-state index in [1.54, 1.807) is 13.8 Å². The quantitative estimate of drug-likeness (QED) is 0.384. The number of amides is 1. The third-order valence-corrected chi connectivity index (χ3v) is 6.54. The molecule has 4 rings (SSSR count). The second kappa shape index (κ2) is 9.20. The summed E-state index contributed by atoms with van der Waals surface area (Å²) in [4.78, 5) is 35.3. The number of hydrogen-bond donors (Lipinski definition) is 1. The summed E-state index contributed by atoms with van der Waals surface area (Å²) in [6.45, 7) is 3.81. The number of rotatable bonds is 6. The molecule has 1 amide bonds. The molecule has 1 N–H and O–H groups in total. The standard InChI is InChI=1S/C23H19N3O3S2/c1-3-29-22(28)19-17(15-10-6-4-7-11-15)25-23(31-19)26-20(27)18-14(2)24-21(30-18)16-12-8-5-9-13-16/h4-13H,3H2,1-2H3,(H,25,26,27). The summed E-state index contributed by atoms with van der Waals surface area (Å²) in [7, 11) is 0. The van der Waals surface area contributed by atoms with Gasteiger partial charge in [0.05, 0.1) is 18.0 Å². The molecule has 0 aliphatic heterocycles. The van der Waals surface area contributed by atoms with Gasteiger partial charge in [0.2, 0.25) is 0 Å². The van der Waals surface area contributed by atoms with Crippen molar-refractivity contribution in [3.63, 3.8) is 0 Å². The van der Waals surface area contributed by atoms with Gasteiger partial charge in [-0.05, 0) is 13.8 Å². The number of carbonyl (C=O) groups excluding carboxylic acids is 2. The number of aromatic nitrogens is 2. The lowest BCUT2D eigenvalue weighted by molar-refractivity contribution is 0.0532. The lowest BCUT2D eigenvalue weighted by atomic mass is 10.1. The molecule has 156 valence electrons. The van der Waals surface area contributed by atoms with Crippen molar-refractivity contribution < 1.29 is 14.3 Å². The van der Waals surface area contributed by atoms with Gasteiger partial charge in [0, 0.05) is 11.1 Å². The number of carbonyl (C=O) groups is 2. The molecule has 0 bridgehead atoms. The molecular weight excluding hydrogens is 430 g/mol. The van der Waals surface area contributed by atoms with Gasteiger partial charge < -0.3 is 4.74 Å². The molecule has 0 fully saturated rings. The van der Waals surface area contributed by atoms with E-state index in [0.29, 0.717) is 26.3 Å². The van der Waals surface area contributed by atoms with E-state index < -0.39 is 5.97 Å². The zero-order valence-electron chi connectivity index (χ0n) is 16.9. The van der Waals surface area contributed by atoms with E-state index in [4.69, 9.17) is 4.74 Å². The Morgan fingerprint density at radius 2 is 1.55 bits per heavy atom. The van der Waals surface area contributed by atoms with Crippen LogP contribution in [0.4, 0.5) is 5.13 Å². The SMILES string of the molecule is CCOC(=O)c1sc(NC(=O)c2sc(-c3ccccc3)nc2C)nc1-c1ccccc1. The van der Waals surface area contributed by atoms with Crippen LogP contribution in [0.3, 0.4) is 0 Å². The van der Waals surface area contributed by atoms with E-state index in [1.165, 1.54) is 11.3 Å². The summed E-state index contributed by atoms with van der Waals surface area (Å²) in [5, 5.41) is 3.93. The van der Waals surface area contributed by atoms with E-state index in [9.17, 15) is 9.59 Å². The summed E-state index contributed by atoms with van der Waals surface area (Å²) >= 11 is 2.42. The summed E-state index contributed by atoms with van der Waals surface area (Å²) in [5.41, 5.74) is 2.87. The van der Waals surface area contributed by atoms with Gasteiger partial charge in [0.25, 0.3) is 5.91 Å². The Hall–Kier alpha value is -3.36. The molecule has 0 spiro atoms. The molecular formula is C23H19N3O3S2. The van der Waals surface area contributed by atoms with Gasteiger partial charge in [-0.2, -0.15) is 0 Å². The first-order chi connectivity index (χ1) is 15.1. The van der Waals surface area contributed by atoms with Crippen molar-refractivity contribution in [2.75, 3.05) is 11.9 Å². The molecule has 6 nitrogen and oxygen atoms in total. The van der Waals surface area contributed by atoms with E-state index >= 15 is 0 Å². The predicted molar refractivity (Wildman–Crippen MR) is 124 cm³/mol. The lowest BCUT2D eigenvalue weighted by Crippen LogP contribution is -2.11. The van der Waals surface area contributed by atoms with Gasteiger partial charge in [-0.15, -0.1) is 11.3 Å². The Morgan fingerprint density at radius 1 is 0.903 bits per heavy atom. The topological polar surface area (TPSA) is 81.2 Å². The molecule has 0 aliphatic carbocycles. The average molecular weight is 450 g/mol. The van der Waals surface area contributed by atoms with Crippen molar-refractivity contribution in [1.29, 1.82) is 0 Å². The van der Waals surface area contributed by atoms with Crippen LogP contribution >= 0.6 is 22.7 Å². The van der Waals surface area contributed by atoms with Gasteiger partial charge in [-0.25, -0.2) is 14.8 Å². The number of aryl methyl sites for hydroxylation is 1. The normalized spacial score (nSPS) is 10.6. The number of thiazole rings is 2. The number of hydrogen-bond acceptors (Lipinski definition) is 7. The largest absolute Gasteiger partial charge is 0.462 e. The zero-order chi connectivity index (χ0) is 21.8. The monoisotopic (exact) mass is 449 g/mol. The highest BCUT2D eigenvalue weighted by molar-refractivity contribution is 7.19. The highest BCUT2D eigenvalue weighted by Crippen LogP contribution is 2.33. The first kappa shape index (κ1) is 20.9. The molecule has 4 aromatic rings. The van der Waals surface area contributed by atoms with E-state index in [1.807, 2.05) is 60.7 Å². The van der Waals surface area contributed by atoms with Crippen molar-refractivity contribution in [3.8, 4) is 21.8 Å². The average Bonchev–Trinajstić information content (AvgIpc) is 3.39. The van der Waals surface area contributed by atoms with Gasteiger partial charge in [-0.3, -0.25) is 10.1 Å². The highest BCUT2D eigenvalue weighted by atomic mass is 32.1. The van der Waals surface area contributed by atoms with Crippen LogP contribution in [0, 0.1) is 6.92 Å². The van der Waals surface area contributed by atoms with Crippen molar-refractivity contribution >= 4 is 39.7 Å². The van der Waals surface area contributed by atoms with Crippen molar-refractivity contribution in [2.24, 2.45) is 0 Å². The Labute approximate surface area is 187 Å². The first-order valence-electron chi connectivity index (χ1n) is 9.64. The number of nitrogens with zero attached hydrogens (tertiary/aromatic N) is 2. The van der Waals surface area contributed by atoms with E-state index in [0.717, 1.165) is 27.5 Å². The maximum Gasteiger partial charge on any atom is 0.350 e. The molecule has 0 radical (unpaired) electrons. The Bertz CT molecular complexity index is 1220. The van der Waals surface area contributed by atoms with Crippen LogP contribution in [-0.4, -0.2) is 28.5 Å². The van der Waals surface area contributed by atoms with Crippen LogP contribution in [0.2, 0.25) is 0 Å². The van der Waals surface area contributed by atoms with Gasteiger partial charge >= 0.3 is 5.97 Å². The molecule has 0 unspecified atom stereocenters. The Balaban J connectivity index is 1.63. The molecule has 2 aromatic heterocycles. The minimum absolute atomic E-state index is 0.259. The predicted octanol–water partition coefficient (Wildman–Crippen LogP) is 5.67. The van der Waals surface area contributed by atoms with Crippen LogP contribution in [0.5, 0.6) is 0 Å². The second-order valence-electron chi connectivity index (χ2n) is 6.54. The Morgan fingerprint density at radius 3 is 2.19 bits per heavy atom. The fourth-order valence-electron chi connectivity index (χ4n) is 2.97. The molecule has 31 heavy (non-hydrogen) atoms. The second-order valence-corrected chi connectivity index (χ2v) is 8.54. The van der Waals surface area contributed by atoms with Crippen LogP contribution in [0.1, 0.15) is 32.0 Å². The van der Waals surface area contributed by atoms with E-state index in [-0.39, 0.29) is 12.5 Å². The van der Waals surface area contributed by atoms with Gasteiger partial charge in [-0.1, -0.05) is 72.0 Å². The number of nitrogens with one attached hydrogen (secondary N) is 1. The first-order valence-corrected chi connectivity index (χ1v) is 11.3. The number of esters is 1. The third kappa shape index (κ3) is 4.55. The van der Waals surface area contributed by atoms with Crippen LogP contribution in [0.25, 0.3) is 21.8 Å². The minimum Gasteiger partial charge on any atom is -0.462 e. The minimum atomic E-state index is -0.459. The smallest absolute Gasteiger partial charge is 0.350 e. The van der Waals surface area contributed by atoms with Gasteiger partial charge in [0.1, 0.15) is 14.8 Å². The third-order valence-electron chi connectivity index (χ3n) is 4.38. The molecule has 0 atom stereocenters. The van der Waals surface area contributed by atoms with Gasteiger partial charge in [0.15, 0.2) is 5.13 Å². The van der Waals surface area contributed by atoms with Crippen LogP contribution in [-0.2, 0) is 4.74 Å². The van der Waals surface area contributed by atoms with Crippen molar-refractivity contribution in [2.45, 2.75) is 13.8 Å².